The maximum absolute atomic E-state index is 12.6. The van der Waals surface area contributed by atoms with Crippen molar-refractivity contribution < 1.29 is 53.7 Å². The Morgan fingerprint density at radius 1 is 0.769 bits per heavy atom. The van der Waals surface area contributed by atoms with Gasteiger partial charge in [-0.25, -0.2) is 9.86 Å². The van der Waals surface area contributed by atoms with Crippen molar-refractivity contribution in [3.8, 4) is 0 Å². The van der Waals surface area contributed by atoms with E-state index in [9.17, 15) is 38.8 Å². The molecule has 1 heterocycles. The van der Waals surface area contributed by atoms with E-state index in [1.165, 1.54) is 25.2 Å². The Hall–Kier alpha value is -4.61. The van der Waals surface area contributed by atoms with E-state index in [0.717, 1.165) is 5.57 Å². The van der Waals surface area contributed by atoms with Gasteiger partial charge in [-0.3, -0.25) is 34.0 Å². The Morgan fingerprint density at radius 2 is 1.25 bits per heavy atom. The van der Waals surface area contributed by atoms with Crippen molar-refractivity contribution in [3.63, 3.8) is 0 Å². The summed E-state index contributed by atoms with van der Waals surface area (Å²) in [5, 5.41) is 41.6. The SMILES string of the molecule is CC(=O)NC(CCCN(O)C(=O)C=C(C)CCO)C(=O)OCCC(C)=CC(=O)NCCCC1NC(=O)C(CCCNC(=O)C=C(C)CCO)NC1=O. The Balaban J connectivity index is 2.37. The van der Waals surface area contributed by atoms with Gasteiger partial charge in [-0.05, 0) is 72.1 Å². The molecule has 0 aromatic rings. The largest absolute Gasteiger partial charge is 0.464 e. The average molecular weight is 737 g/mol. The zero-order chi connectivity index (χ0) is 39.1. The molecule has 52 heavy (non-hydrogen) atoms. The fraction of sp³-hybridized carbons (Fsp3) is 0.629. The maximum Gasteiger partial charge on any atom is 0.328 e. The summed E-state index contributed by atoms with van der Waals surface area (Å²) in [4.78, 5) is 85.5. The number of hydrogen-bond acceptors (Lipinski definition) is 11. The molecule has 17 heteroatoms. The number of rotatable bonds is 24. The highest BCUT2D eigenvalue weighted by Crippen LogP contribution is 2.09. The van der Waals surface area contributed by atoms with Gasteiger partial charge in [0.15, 0.2) is 0 Å². The number of aliphatic hydroxyl groups is 2. The van der Waals surface area contributed by atoms with Crippen LogP contribution < -0.4 is 26.6 Å². The van der Waals surface area contributed by atoms with Crippen molar-refractivity contribution in [1.82, 2.24) is 31.6 Å². The number of aliphatic hydroxyl groups excluding tert-OH is 2. The number of nitrogens with one attached hydrogen (secondary N) is 5. The van der Waals surface area contributed by atoms with Crippen LogP contribution in [0.15, 0.2) is 34.9 Å². The first-order valence-electron chi connectivity index (χ1n) is 17.5. The first kappa shape index (κ1) is 45.4. The minimum absolute atomic E-state index is 0.0395. The molecule has 1 aliphatic rings. The highest BCUT2D eigenvalue weighted by molar-refractivity contribution is 5.97. The lowest BCUT2D eigenvalue weighted by Crippen LogP contribution is -2.61. The van der Waals surface area contributed by atoms with Gasteiger partial charge in [0.2, 0.25) is 29.5 Å². The molecule has 1 rings (SSSR count). The summed E-state index contributed by atoms with van der Waals surface area (Å²) in [6.45, 7) is 6.58. The average Bonchev–Trinajstić information content (AvgIpc) is 3.06. The zero-order valence-electron chi connectivity index (χ0n) is 30.6. The third-order valence-corrected chi connectivity index (χ3v) is 7.86. The molecular weight excluding hydrogens is 680 g/mol. The van der Waals surface area contributed by atoms with E-state index < -0.39 is 35.9 Å². The third kappa shape index (κ3) is 19.7. The number of ether oxygens (including phenoxy) is 1. The van der Waals surface area contributed by atoms with Crippen molar-refractivity contribution in [1.29, 1.82) is 0 Å². The summed E-state index contributed by atoms with van der Waals surface area (Å²) in [5.41, 5.74) is 1.97. The predicted octanol–water partition coefficient (Wildman–Crippen LogP) is -0.198. The molecule has 1 saturated heterocycles. The molecule has 0 aromatic carbocycles. The predicted molar refractivity (Wildman–Crippen MR) is 189 cm³/mol. The number of hydrogen-bond donors (Lipinski definition) is 8. The molecule has 0 bridgehead atoms. The Bertz CT molecular complexity index is 1330. The molecule has 3 unspecified atom stereocenters. The highest BCUT2D eigenvalue weighted by Gasteiger charge is 2.32. The van der Waals surface area contributed by atoms with E-state index in [4.69, 9.17) is 14.9 Å². The minimum Gasteiger partial charge on any atom is -0.464 e. The molecule has 0 aromatic heterocycles. The van der Waals surface area contributed by atoms with Crippen molar-refractivity contribution in [2.45, 2.75) is 104 Å². The van der Waals surface area contributed by atoms with Gasteiger partial charge in [0.25, 0.3) is 5.91 Å². The van der Waals surface area contributed by atoms with Crippen LogP contribution in [0.5, 0.6) is 0 Å². The van der Waals surface area contributed by atoms with Gasteiger partial charge >= 0.3 is 5.97 Å². The smallest absolute Gasteiger partial charge is 0.328 e. The monoisotopic (exact) mass is 736 g/mol. The van der Waals surface area contributed by atoms with Crippen molar-refractivity contribution in [2.75, 3.05) is 39.5 Å². The van der Waals surface area contributed by atoms with Crippen molar-refractivity contribution in [3.05, 3.63) is 34.9 Å². The van der Waals surface area contributed by atoms with E-state index in [1.807, 2.05) is 0 Å². The van der Waals surface area contributed by atoms with E-state index >= 15 is 0 Å². The van der Waals surface area contributed by atoms with E-state index in [2.05, 4.69) is 26.6 Å². The molecule has 6 amide bonds. The van der Waals surface area contributed by atoms with Gasteiger partial charge in [0, 0.05) is 64.4 Å². The lowest BCUT2D eigenvalue weighted by molar-refractivity contribution is -0.159. The van der Waals surface area contributed by atoms with E-state index in [-0.39, 0.29) is 75.8 Å². The molecule has 8 N–H and O–H groups in total. The number of hydroxylamine groups is 2. The number of carbonyl (C=O) groups excluding carboxylic acids is 7. The second-order valence-corrected chi connectivity index (χ2v) is 12.7. The number of piperazine rings is 1. The summed E-state index contributed by atoms with van der Waals surface area (Å²) in [6.07, 6.45) is 6.75. The topological polar surface area (TPSA) is 253 Å². The van der Waals surface area contributed by atoms with Crippen LogP contribution >= 0.6 is 0 Å². The van der Waals surface area contributed by atoms with Crippen LogP contribution in [-0.2, 0) is 38.3 Å². The highest BCUT2D eigenvalue weighted by atomic mass is 16.5. The lowest BCUT2D eigenvalue weighted by Gasteiger charge is -2.29. The molecular formula is C35H56N6O11. The van der Waals surface area contributed by atoms with Gasteiger partial charge in [0.1, 0.15) is 18.1 Å². The van der Waals surface area contributed by atoms with Crippen LogP contribution in [-0.4, -0.2) is 119 Å². The second kappa shape index (κ2) is 25.4. The van der Waals surface area contributed by atoms with Crippen molar-refractivity contribution >= 4 is 41.4 Å². The van der Waals surface area contributed by atoms with E-state index in [1.54, 1.807) is 20.8 Å². The summed E-state index contributed by atoms with van der Waals surface area (Å²) < 4.78 is 5.29. The summed E-state index contributed by atoms with van der Waals surface area (Å²) in [5.74, 6) is -3.13. The fourth-order valence-electron chi connectivity index (χ4n) is 4.98. The van der Waals surface area contributed by atoms with Gasteiger partial charge in [-0.15, -0.1) is 0 Å². The number of amides is 6. The normalized spacial score (nSPS) is 17.0. The van der Waals surface area contributed by atoms with Gasteiger partial charge in [-0.1, -0.05) is 16.7 Å². The molecule has 0 spiro atoms. The molecule has 0 aliphatic carbocycles. The van der Waals surface area contributed by atoms with Crippen LogP contribution in [0.25, 0.3) is 0 Å². The Kier molecular flexibility index (Phi) is 22.1. The number of esters is 1. The first-order valence-corrected chi connectivity index (χ1v) is 17.5. The second-order valence-electron chi connectivity index (χ2n) is 12.7. The maximum atomic E-state index is 12.6. The van der Waals surface area contributed by atoms with Crippen LogP contribution in [0.4, 0.5) is 0 Å². The summed E-state index contributed by atoms with van der Waals surface area (Å²) in [6, 6.07) is -2.44. The first-order chi connectivity index (χ1) is 24.7. The Labute approximate surface area is 304 Å². The standard InChI is InChI=1S/C35H56N6O11/c1-23(11-17-42)20-30(45)36-14-5-8-27-33(48)40-28(34(49)39-27)9-6-15-37-31(46)21-25(3)13-19-52-35(50)29(38-26(4)44)10-7-16-41(51)32(47)22-24(2)12-18-43/h20-22,27-29,42-43,51H,5-19H2,1-4H3,(H,36,45)(H,37,46)(H,38,44)(H,39,49)(H,40,48). The van der Waals surface area contributed by atoms with E-state index in [0.29, 0.717) is 61.3 Å². The third-order valence-electron chi connectivity index (χ3n) is 7.86. The lowest BCUT2D eigenvalue weighted by atomic mass is 10.0. The van der Waals surface area contributed by atoms with Crippen LogP contribution in [0.3, 0.4) is 0 Å². The van der Waals surface area contributed by atoms with Crippen LogP contribution in [0, 0.1) is 0 Å². The quantitative estimate of drug-likeness (QED) is 0.0212. The van der Waals surface area contributed by atoms with Crippen molar-refractivity contribution in [2.24, 2.45) is 0 Å². The molecule has 1 aliphatic heterocycles. The summed E-state index contributed by atoms with van der Waals surface area (Å²) in [7, 11) is 0. The number of carbonyl (C=O) groups is 7. The minimum atomic E-state index is -1.00. The zero-order valence-corrected chi connectivity index (χ0v) is 30.6. The summed E-state index contributed by atoms with van der Waals surface area (Å²) >= 11 is 0. The molecule has 17 nitrogen and oxygen atoms in total. The van der Waals surface area contributed by atoms with Gasteiger partial charge in [0.05, 0.1) is 6.61 Å². The Morgan fingerprint density at radius 3 is 1.73 bits per heavy atom. The molecule has 3 atom stereocenters. The van der Waals surface area contributed by atoms with Gasteiger partial charge in [-0.2, -0.15) is 0 Å². The fourth-order valence-corrected chi connectivity index (χ4v) is 4.98. The van der Waals surface area contributed by atoms with Crippen LogP contribution in [0.2, 0.25) is 0 Å². The molecule has 0 saturated carbocycles. The molecule has 292 valence electrons. The van der Waals surface area contributed by atoms with Crippen LogP contribution in [0.1, 0.15) is 85.5 Å². The molecule has 1 fully saturated rings. The molecule has 0 radical (unpaired) electrons. The van der Waals surface area contributed by atoms with Gasteiger partial charge < -0.3 is 41.5 Å². The number of nitrogens with zero attached hydrogens (tertiary/aromatic N) is 1.